The normalized spacial score (nSPS) is 13.6. The minimum Gasteiger partial charge on any atom is -0.466 e. The Kier molecular flexibility index (Phi) is 8.92. The van der Waals surface area contributed by atoms with E-state index in [1.54, 1.807) is 25.1 Å². The average molecular weight is 502 g/mol. The van der Waals surface area contributed by atoms with E-state index in [0.717, 1.165) is 11.1 Å². The van der Waals surface area contributed by atoms with E-state index in [2.05, 4.69) is 0 Å². The van der Waals surface area contributed by atoms with Crippen LogP contribution in [-0.4, -0.2) is 37.6 Å². The molecule has 3 aromatic rings. The summed E-state index contributed by atoms with van der Waals surface area (Å²) in [5.74, 6) is -1.57. The first-order chi connectivity index (χ1) is 18.1. The van der Waals surface area contributed by atoms with E-state index in [1.807, 2.05) is 65.6 Å². The maximum atomic E-state index is 13.4. The van der Waals surface area contributed by atoms with Gasteiger partial charge in [-0.15, -0.1) is 0 Å². The average Bonchev–Trinajstić information content (AvgIpc) is 2.95. The topological polar surface area (TPSA) is 82.1 Å². The van der Waals surface area contributed by atoms with Gasteiger partial charge < -0.3 is 19.1 Å². The number of carbonyl (C=O) groups excluding carboxylic acids is 3. The standard InChI is InChI=1S/C30H31NO6/c1-2-35-28(32)24-16-18-31(19-17-24)26-15-9-14-25(29(33)36-20-22-10-5-3-6-11-22)27(26)30(34)37-21-23-12-7-4-8-13-23/h3-15,24H,2,16-21H2,1H3. The zero-order chi connectivity index (χ0) is 26.0. The van der Waals surface area contributed by atoms with Gasteiger partial charge in [-0.05, 0) is 43.0 Å². The Morgan fingerprint density at radius 1 is 0.730 bits per heavy atom. The van der Waals surface area contributed by atoms with Gasteiger partial charge in [0.05, 0.1) is 29.3 Å². The summed E-state index contributed by atoms with van der Waals surface area (Å²) in [6.07, 6.45) is 1.19. The van der Waals surface area contributed by atoms with E-state index < -0.39 is 11.9 Å². The lowest BCUT2D eigenvalue weighted by Gasteiger charge is -2.33. The molecule has 7 nitrogen and oxygen atoms in total. The second kappa shape index (κ2) is 12.7. The van der Waals surface area contributed by atoms with Gasteiger partial charge in [0.1, 0.15) is 13.2 Å². The van der Waals surface area contributed by atoms with Gasteiger partial charge in [0.2, 0.25) is 0 Å². The molecule has 7 heteroatoms. The van der Waals surface area contributed by atoms with Crippen LogP contribution >= 0.6 is 0 Å². The second-order valence-electron chi connectivity index (χ2n) is 8.84. The lowest BCUT2D eigenvalue weighted by Crippen LogP contribution is -2.38. The highest BCUT2D eigenvalue weighted by atomic mass is 16.5. The SMILES string of the molecule is CCOC(=O)C1CCN(c2cccc(C(=O)OCc3ccccc3)c2C(=O)OCc2ccccc2)CC1. The minimum atomic E-state index is -0.598. The molecule has 1 heterocycles. The number of hydrogen-bond donors (Lipinski definition) is 0. The molecule has 192 valence electrons. The summed E-state index contributed by atoms with van der Waals surface area (Å²) in [6, 6.07) is 23.9. The molecular weight excluding hydrogens is 470 g/mol. The van der Waals surface area contributed by atoms with E-state index in [1.165, 1.54) is 0 Å². The molecule has 37 heavy (non-hydrogen) atoms. The van der Waals surface area contributed by atoms with Gasteiger partial charge in [-0.1, -0.05) is 66.7 Å². The molecule has 1 aliphatic heterocycles. The van der Waals surface area contributed by atoms with Crippen LogP contribution in [0, 0.1) is 5.92 Å². The van der Waals surface area contributed by atoms with Crippen LogP contribution in [0.2, 0.25) is 0 Å². The molecule has 0 N–H and O–H groups in total. The summed E-state index contributed by atoms with van der Waals surface area (Å²) >= 11 is 0. The van der Waals surface area contributed by atoms with Crippen molar-refractivity contribution in [3.8, 4) is 0 Å². The smallest absolute Gasteiger partial charge is 0.341 e. The predicted molar refractivity (Wildman–Crippen MR) is 139 cm³/mol. The number of ether oxygens (including phenoxy) is 3. The van der Waals surface area contributed by atoms with Crippen LogP contribution in [-0.2, 0) is 32.2 Å². The van der Waals surface area contributed by atoms with E-state index in [4.69, 9.17) is 14.2 Å². The summed E-state index contributed by atoms with van der Waals surface area (Å²) in [6.45, 7) is 3.41. The number of carbonyl (C=O) groups is 3. The maximum Gasteiger partial charge on any atom is 0.341 e. The number of benzene rings is 3. The number of anilines is 1. The van der Waals surface area contributed by atoms with Gasteiger partial charge in [-0.2, -0.15) is 0 Å². The lowest BCUT2D eigenvalue weighted by atomic mass is 9.95. The Morgan fingerprint density at radius 2 is 1.30 bits per heavy atom. The van der Waals surface area contributed by atoms with Gasteiger partial charge in [0, 0.05) is 13.1 Å². The van der Waals surface area contributed by atoms with Crippen molar-refractivity contribution in [2.75, 3.05) is 24.6 Å². The zero-order valence-corrected chi connectivity index (χ0v) is 20.9. The summed E-state index contributed by atoms with van der Waals surface area (Å²) in [4.78, 5) is 40.8. The fraction of sp³-hybridized carbons (Fsp3) is 0.300. The molecule has 3 aromatic carbocycles. The summed E-state index contributed by atoms with van der Waals surface area (Å²) in [7, 11) is 0. The fourth-order valence-corrected chi connectivity index (χ4v) is 4.40. The van der Waals surface area contributed by atoms with Crippen molar-refractivity contribution in [1.29, 1.82) is 0 Å². The highest BCUT2D eigenvalue weighted by Gasteiger charge is 2.30. The maximum absolute atomic E-state index is 13.4. The first-order valence-corrected chi connectivity index (χ1v) is 12.5. The minimum absolute atomic E-state index is 0.0808. The van der Waals surface area contributed by atoms with E-state index in [9.17, 15) is 14.4 Å². The van der Waals surface area contributed by atoms with Crippen molar-refractivity contribution in [2.24, 2.45) is 5.92 Å². The highest BCUT2D eigenvalue weighted by Crippen LogP contribution is 2.30. The molecule has 0 aliphatic carbocycles. The molecule has 0 saturated carbocycles. The van der Waals surface area contributed by atoms with Gasteiger partial charge in [0.25, 0.3) is 0 Å². The summed E-state index contributed by atoms with van der Waals surface area (Å²) in [5, 5.41) is 0. The summed E-state index contributed by atoms with van der Waals surface area (Å²) in [5.41, 5.74) is 2.61. The van der Waals surface area contributed by atoms with Gasteiger partial charge >= 0.3 is 17.9 Å². The number of esters is 3. The van der Waals surface area contributed by atoms with Crippen LogP contribution in [0.5, 0.6) is 0 Å². The molecule has 4 rings (SSSR count). The van der Waals surface area contributed by atoms with Gasteiger partial charge in [-0.3, -0.25) is 4.79 Å². The van der Waals surface area contributed by atoms with Crippen LogP contribution < -0.4 is 4.90 Å². The summed E-state index contributed by atoms with van der Waals surface area (Å²) < 4.78 is 16.4. The van der Waals surface area contributed by atoms with Crippen molar-refractivity contribution in [1.82, 2.24) is 0 Å². The third-order valence-electron chi connectivity index (χ3n) is 6.35. The number of piperidine rings is 1. The Hall–Kier alpha value is -4.13. The fourth-order valence-electron chi connectivity index (χ4n) is 4.40. The molecule has 0 spiro atoms. The van der Waals surface area contributed by atoms with Crippen LogP contribution in [0.25, 0.3) is 0 Å². The Balaban J connectivity index is 1.57. The number of rotatable bonds is 9. The Bertz CT molecular complexity index is 1200. The third kappa shape index (κ3) is 6.76. The molecule has 0 atom stereocenters. The van der Waals surface area contributed by atoms with E-state index in [-0.39, 0.29) is 36.2 Å². The quantitative estimate of drug-likeness (QED) is 0.295. The zero-order valence-electron chi connectivity index (χ0n) is 20.9. The first-order valence-electron chi connectivity index (χ1n) is 12.5. The van der Waals surface area contributed by atoms with Crippen LogP contribution in [0.15, 0.2) is 78.9 Å². The van der Waals surface area contributed by atoms with Crippen molar-refractivity contribution in [3.63, 3.8) is 0 Å². The van der Waals surface area contributed by atoms with Crippen molar-refractivity contribution in [3.05, 3.63) is 101 Å². The molecule has 0 aromatic heterocycles. The predicted octanol–water partition coefficient (Wildman–Crippen LogP) is 5.18. The number of nitrogens with zero attached hydrogens (tertiary/aromatic N) is 1. The Labute approximate surface area is 217 Å². The third-order valence-corrected chi connectivity index (χ3v) is 6.35. The number of hydrogen-bond acceptors (Lipinski definition) is 7. The molecule has 0 radical (unpaired) electrons. The van der Waals surface area contributed by atoms with Gasteiger partial charge in [-0.25, -0.2) is 9.59 Å². The van der Waals surface area contributed by atoms with Crippen molar-refractivity contribution < 1.29 is 28.6 Å². The molecular formula is C30H31NO6. The van der Waals surface area contributed by atoms with Crippen LogP contribution in [0.1, 0.15) is 51.6 Å². The van der Waals surface area contributed by atoms with Crippen LogP contribution in [0.4, 0.5) is 5.69 Å². The lowest BCUT2D eigenvalue weighted by molar-refractivity contribution is -0.148. The molecule has 1 aliphatic rings. The Morgan fingerprint density at radius 3 is 1.86 bits per heavy atom. The van der Waals surface area contributed by atoms with Crippen molar-refractivity contribution in [2.45, 2.75) is 33.0 Å². The molecule has 1 fully saturated rings. The monoisotopic (exact) mass is 501 g/mol. The largest absolute Gasteiger partial charge is 0.466 e. The molecule has 1 saturated heterocycles. The van der Waals surface area contributed by atoms with Crippen molar-refractivity contribution >= 4 is 23.6 Å². The second-order valence-corrected chi connectivity index (χ2v) is 8.84. The highest BCUT2D eigenvalue weighted by molar-refractivity contribution is 6.07. The molecule has 0 unspecified atom stereocenters. The van der Waals surface area contributed by atoms with Gasteiger partial charge in [0.15, 0.2) is 0 Å². The van der Waals surface area contributed by atoms with Crippen LogP contribution in [0.3, 0.4) is 0 Å². The van der Waals surface area contributed by atoms with E-state index in [0.29, 0.717) is 38.2 Å². The van der Waals surface area contributed by atoms with E-state index >= 15 is 0 Å². The molecule has 0 bridgehead atoms. The first kappa shape index (κ1) is 25.9. The molecule has 0 amide bonds.